The zero-order valence-electron chi connectivity index (χ0n) is 11.1. The molecule has 0 unspecified atom stereocenters. The maximum Gasteiger partial charge on any atom is 0.411 e. The van der Waals surface area contributed by atoms with Crippen LogP contribution in [0.25, 0.3) is 0 Å². The Hall–Kier alpha value is -1.26. The van der Waals surface area contributed by atoms with Crippen molar-refractivity contribution < 1.29 is 19.1 Å². The van der Waals surface area contributed by atoms with Crippen LogP contribution in [0.15, 0.2) is 0 Å². The highest BCUT2D eigenvalue weighted by Gasteiger charge is 2.40. The topological polar surface area (TPSA) is 55.8 Å². The fourth-order valence-electron chi connectivity index (χ4n) is 1.93. The number of likely N-dealkylation sites (tertiary alicyclic amines) is 1. The number of ether oxygens (including phenoxy) is 2. The van der Waals surface area contributed by atoms with Crippen molar-refractivity contribution in [2.24, 2.45) is 5.92 Å². The van der Waals surface area contributed by atoms with Crippen molar-refractivity contribution in [1.29, 1.82) is 0 Å². The van der Waals surface area contributed by atoms with Crippen LogP contribution < -0.4 is 0 Å². The molecule has 98 valence electrons. The van der Waals surface area contributed by atoms with Crippen LogP contribution in [-0.2, 0) is 14.3 Å². The first-order chi connectivity index (χ1) is 7.74. The first-order valence-corrected chi connectivity index (χ1v) is 5.82. The Balaban J connectivity index is 2.73. The van der Waals surface area contributed by atoms with Crippen molar-refractivity contribution >= 4 is 12.1 Å². The van der Waals surface area contributed by atoms with E-state index in [0.717, 1.165) is 0 Å². The molecule has 1 rings (SSSR count). The normalized spacial score (nSPS) is 24.6. The van der Waals surface area contributed by atoms with Gasteiger partial charge in [-0.05, 0) is 33.1 Å². The second-order valence-corrected chi connectivity index (χ2v) is 5.51. The molecule has 0 bridgehead atoms. The number of rotatable bonds is 1. The third kappa shape index (κ3) is 3.61. The van der Waals surface area contributed by atoms with Gasteiger partial charge in [-0.1, -0.05) is 6.92 Å². The predicted molar refractivity (Wildman–Crippen MR) is 62.5 cm³/mol. The predicted octanol–water partition coefficient (Wildman–Crippen LogP) is 1.80. The van der Waals surface area contributed by atoms with Gasteiger partial charge in [0.15, 0.2) is 0 Å². The fourth-order valence-corrected chi connectivity index (χ4v) is 1.93. The van der Waals surface area contributed by atoms with Crippen molar-refractivity contribution in [3.63, 3.8) is 0 Å². The molecule has 5 heteroatoms. The lowest BCUT2D eigenvalue weighted by Crippen LogP contribution is -2.43. The van der Waals surface area contributed by atoms with E-state index >= 15 is 0 Å². The maximum atomic E-state index is 11.9. The van der Waals surface area contributed by atoms with E-state index in [-0.39, 0.29) is 11.9 Å². The molecular weight excluding hydrogens is 222 g/mol. The number of amides is 1. The molecule has 2 atom stereocenters. The van der Waals surface area contributed by atoms with Crippen LogP contribution in [0.3, 0.4) is 0 Å². The summed E-state index contributed by atoms with van der Waals surface area (Å²) in [4.78, 5) is 25.0. The Labute approximate surface area is 102 Å². The van der Waals surface area contributed by atoms with Crippen LogP contribution in [0.5, 0.6) is 0 Å². The minimum atomic E-state index is -0.552. The quantitative estimate of drug-likeness (QED) is 0.659. The van der Waals surface area contributed by atoms with Crippen LogP contribution in [0, 0.1) is 5.92 Å². The number of hydrogen-bond acceptors (Lipinski definition) is 4. The molecule has 17 heavy (non-hydrogen) atoms. The second-order valence-electron chi connectivity index (χ2n) is 5.51. The van der Waals surface area contributed by atoms with Crippen LogP contribution in [-0.4, -0.2) is 42.3 Å². The Morgan fingerprint density at radius 1 is 1.29 bits per heavy atom. The molecule has 1 heterocycles. The second kappa shape index (κ2) is 4.94. The minimum Gasteiger partial charge on any atom is -0.467 e. The van der Waals surface area contributed by atoms with E-state index in [9.17, 15) is 9.59 Å². The van der Waals surface area contributed by atoms with Crippen LogP contribution in [0.2, 0.25) is 0 Å². The van der Waals surface area contributed by atoms with Gasteiger partial charge in [-0.2, -0.15) is 0 Å². The third-order valence-electron chi connectivity index (χ3n) is 2.61. The molecular formula is C12H21NO4. The lowest BCUT2D eigenvalue weighted by Gasteiger charge is -2.27. The fraction of sp³-hybridized carbons (Fsp3) is 0.833. The highest BCUT2D eigenvalue weighted by Crippen LogP contribution is 2.25. The number of nitrogens with zero attached hydrogens (tertiary/aromatic N) is 1. The van der Waals surface area contributed by atoms with Crippen molar-refractivity contribution in [3.8, 4) is 0 Å². The highest BCUT2D eigenvalue weighted by atomic mass is 16.6. The van der Waals surface area contributed by atoms with E-state index in [4.69, 9.17) is 9.47 Å². The number of carbonyl (C=O) groups is 2. The monoisotopic (exact) mass is 243 g/mol. The zero-order valence-corrected chi connectivity index (χ0v) is 11.1. The van der Waals surface area contributed by atoms with E-state index < -0.39 is 17.7 Å². The SMILES string of the molecule is COC(=O)[C@@H]1C[C@@H](C)CN1C(=O)OC(C)(C)C. The molecule has 0 saturated carbocycles. The van der Waals surface area contributed by atoms with E-state index in [0.29, 0.717) is 13.0 Å². The van der Waals surface area contributed by atoms with Gasteiger partial charge in [0, 0.05) is 6.54 Å². The number of hydrogen-bond donors (Lipinski definition) is 0. The van der Waals surface area contributed by atoms with Crippen molar-refractivity contribution in [2.45, 2.75) is 45.8 Å². The summed E-state index contributed by atoms with van der Waals surface area (Å²) < 4.78 is 9.98. The molecule has 0 aromatic heterocycles. The Morgan fingerprint density at radius 2 is 1.88 bits per heavy atom. The largest absolute Gasteiger partial charge is 0.467 e. The first-order valence-electron chi connectivity index (χ1n) is 5.82. The molecule has 1 aliphatic rings. The summed E-state index contributed by atoms with van der Waals surface area (Å²) in [5.41, 5.74) is -0.552. The average molecular weight is 243 g/mol. The summed E-state index contributed by atoms with van der Waals surface area (Å²) >= 11 is 0. The molecule has 0 radical (unpaired) electrons. The lowest BCUT2D eigenvalue weighted by molar-refractivity contribution is -0.145. The molecule has 0 aromatic rings. The number of methoxy groups -OCH3 is 1. The van der Waals surface area contributed by atoms with Gasteiger partial charge in [0.05, 0.1) is 7.11 Å². The Kier molecular flexibility index (Phi) is 4.01. The van der Waals surface area contributed by atoms with Gasteiger partial charge in [0.2, 0.25) is 0 Å². The van der Waals surface area contributed by atoms with Gasteiger partial charge in [-0.25, -0.2) is 9.59 Å². The average Bonchev–Trinajstić information content (AvgIpc) is 2.56. The number of carbonyl (C=O) groups excluding carboxylic acids is 2. The van der Waals surface area contributed by atoms with E-state index in [1.54, 1.807) is 20.8 Å². The molecule has 1 fully saturated rings. The summed E-state index contributed by atoms with van der Waals surface area (Å²) in [7, 11) is 1.33. The van der Waals surface area contributed by atoms with Crippen LogP contribution >= 0.6 is 0 Å². The molecule has 1 amide bonds. The molecule has 1 aliphatic heterocycles. The summed E-state index contributed by atoms with van der Waals surface area (Å²) in [6.07, 6.45) is 0.184. The molecule has 0 N–H and O–H groups in total. The summed E-state index contributed by atoms with van der Waals surface area (Å²) in [6, 6.07) is -0.509. The van der Waals surface area contributed by atoms with Gasteiger partial charge >= 0.3 is 12.1 Å². The maximum absolute atomic E-state index is 11.9. The summed E-state index contributed by atoms with van der Waals surface area (Å²) in [6.45, 7) is 7.95. The summed E-state index contributed by atoms with van der Waals surface area (Å²) in [5.74, 6) is -0.0909. The smallest absolute Gasteiger partial charge is 0.411 e. The van der Waals surface area contributed by atoms with E-state index in [2.05, 4.69) is 0 Å². The lowest BCUT2D eigenvalue weighted by atomic mass is 10.1. The van der Waals surface area contributed by atoms with E-state index in [1.165, 1.54) is 12.0 Å². The molecule has 1 saturated heterocycles. The van der Waals surface area contributed by atoms with Crippen molar-refractivity contribution in [1.82, 2.24) is 4.90 Å². The van der Waals surface area contributed by atoms with Crippen LogP contribution in [0.4, 0.5) is 4.79 Å². The Morgan fingerprint density at radius 3 is 2.35 bits per heavy atom. The van der Waals surface area contributed by atoms with Gasteiger partial charge in [-0.3, -0.25) is 4.90 Å². The first kappa shape index (κ1) is 13.8. The molecule has 0 spiro atoms. The molecule has 0 aromatic carbocycles. The van der Waals surface area contributed by atoms with Gasteiger partial charge < -0.3 is 9.47 Å². The standard InChI is InChI=1S/C12H21NO4/c1-8-6-9(10(14)16-5)13(7-8)11(15)17-12(2,3)4/h8-9H,6-7H2,1-5H3/t8-,9+/m1/s1. The van der Waals surface area contributed by atoms with Gasteiger partial charge in [0.25, 0.3) is 0 Å². The highest BCUT2D eigenvalue weighted by molar-refractivity contribution is 5.82. The summed E-state index contributed by atoms with van der Waals surface area (Å²) in [5, 5.41) is 0. The minimum absolute atomic E-state index is 0.284. The van der Waals surface area contributed by atoms with Crippen molar-refractivity contribution in [3.05, 3.63) is 0 Å². The third-order valence-corrected chi connectivity index (χ3v) is 2.61. The Bertz CT molecular complexity index is 308. The van der Waals surface area contributed by atoms with Crippen molar-refractivity contribution in [2.75, 3.05) is 13.7 Å². The van der Waals surface area contributed by atoms with Gasteiger partial charge in [-0.15, -0.1) is 0 Å². The van der Waals surface area contributed by atoms with Crippen LogP contribution in [0.1, 0.15) is 34.1 Å². The molecule has 5 nitrogen and oxygen atoms in total. The van der Waals surface area contributed by atoms with E-state index in [1.807, 2.05) is 6.92 Å². The zero-order chi connectivity index (χ0) is 13.2. The number of esters is 1. The van der Waals surface area contributed by atoms with Gasteiger partial charge in [0.1, 0.15) is 11.6 Å². The molecule has 0 aliphatic carbocycles.